The van der Waals surface area contributed by atoms with Crippen LogP contribution in [-0.4, -0.2) is 53.9 Å². The molecule has 0 saturated carbocycles. The van der Waals surface area contributed by atoms with Crippen molar-refractivity contribution < 1.29 is 14.0 Å². The SMILES string of the molecule is CC(CN1c2ccccc2Sc2ccccc21)N(C)C.CCCCCCCC[S+]([O-])C(C)Cc1ccc2c(c1)OCO2. The van der Waals surface area contributed by atoms with Crippen molar-refractivity contribution in [1.29, 1.82) is 0 Å². The number of fused-ring (bicyclic) bond motifs is 3. The summed E-state index contributed by atoms with van der Waals surface area (Å²) in [4.78, 5) is 7.41. The van der Waals surface area contributed by atoms with Crippen molar-refractivity contribution in [3.05, 3.63) is 72.3 Å². The Balaban J connectivity index is 0.000000193. The Morgan fingerprint density at radius 2 is 1.48 bits per heavy atom. The molecule has 0 amide bonds. The number of unbranched alkanes of at least 4 members (excludes halogenated alkanes) is 5. The third-order valence-electron chi connectivity index (χ3n) is 7.97. The summed E-state index contributed by atoms with van der Waals surface area (Å²) in [6.07, 6.45) is 8.32. The highest BCUT2D eigenvalue weighted by Gasteiger charge is 2.24. The largest absolute Gasteiger partial charge is 0.616 e. The number of para-hydroxylation sites is 2. The molecule has 0 bridgehead atoms. The van der Waals surface area contributed by atoms with Gasteiger partial charge < -0.3 is 23.8 Å². The van der Waals surface area contributed by atoms with E-state index in [4.69, 9.17) is 9.47 Å². The average molecular weight is 609 g/mol. The van der Waals surface area contributed by atoms with Crippen LogP contribution in [0.5, 0.6) is 11.5 Å². The second-order valence-corrected chi connectivity index (χ2v) is 14.6. The molecule has 2 aliphatic rings. The van der Waals surface area contributed by atoms with E-state index in [1.54, 1.807) is 0 Å². The Bertz CT molecular complexity index is 1210. The van der Waals surface area contributed by atoms with Gasteiger partial charge in [-0.3, -0.25) is 0 Å². The Morgan fingerprint density at radius 1 is 0.857 bits per heavy atom. The average Bonchev–Trinajstić information content (AvgIpc) is 3.47. The van der Waals surface area contributed by atoms with Gasteiger partial charge in [0.25, 0.3) is 0 Å². The molecule has 0 N–H and O–H groups in total. The van der Waals surface area contributed by atoms with Gasteiger partial charge in [-0.15, -0.1) is 0 Å². The highest BCUT2D eigenvalue weighted by atomic mass is 32.2. The molecule has 0 saturated heterocycles. The van der Waals surface area contributed by atoms with E-state index >= 15 is 0 Å². The van der Waals surface area contributed by atoms with Gasteiger partial charge in [0.05, 0.1) is 11.4 Å². The number of hydrogen-bond donors (Lipinski definition) is 0. The molecule has 228 valence electrons. The second kappa shape index (κ2) is 16.5. The molecule has 0 aromatic heterocycles. The summed E-state index contributed by atoms with van der Waals surface area (Å²) in [5, 5.41) is 0.191. The van der Waals surface area contributed by atoms with Gasteiger partial charge in [-0.2, -0.15) is 0 Å². The number of rotatable bonds is 13. The third-order valence-corrected chi connectivity index (χ3v) is 10.9. The van der Waals surface area contributed by atoms with Crippen LogP contribution in [0.2, 0.25) is 0 Å². The highest BCUT2D eigenvalue weighted by molar-refractivity contribution is 7.99. The molecular weight excluding hydrogens is 561 g/mol. The molecule has 42 heavy (non-hydrogen) atoms. The van der Waals surface area contributed by atoms with E-state index < -0.39 is 11.2 Å². The van der Waals surface area contributed by atoms with Crippen LogP contribution in [0.3, 0.4) is 0 Å². The molecule has 0 spiro atoms. The number of ether oxygens (including phenoxy) is 2. The number of benzene rings is 3. The van der Waals surface area contributed by atoms with Crippen LogP contribution in [0.25, 0.3) is 0 Å². The summed E-state index contributed by atoms with van der Waals surface area (Å²) in [6, 6.07) is 23.9. The van der Waals surface area contributed by atoms with Crippen LogP contribution in [0.4, 0.5) is 11.4 Å². The highest BCUT2D eigenvalue weighted by Crippen LogP contribution is 2.47. The van der Waals surface area contributed by atoms with Crippen molar-refractivity contribution in [2.24, 2.45) is 0 Å². The maximum Gasteiger partial charge on any atom is 0.231 e. The normalized spacial score (nSPS) is 15.4. The maximum absolute atomic E-state index is 12.3. The molecule has 0 aliphatic carbocycles. The van der Waals surface area contributed by atoms with E-state index in [1.807, 2.05) is 30.0 Å². The Hall–Kier alpha value is -2.32. The van der Waals surface area contributed by atoms with Gasteiger partial charge in [-0.05, 0) is 82.7 Å². The first kappa shape index (κ1) is 32.6. The number of hydrogen-bond acceptors (Lipinski definition) is 6. The quantitative estimate of drug-likeness (QED) is 0.143. The van der Waals surface area contributed by atoms with E-state index in [2.05, 4.69) is 93.2 Å². The lowest BCUT2D eigenvalue weighted by atomic mass is 10.1. The van der Waals surface area contributed by atoms with Crippen LogP contribution in [0, 0.1) is 0 Å². The van der Waals surface area contributed by atoms with Crippen LogP contribution in [0.1, 0.15) is 64.9 Å². The van der Waals surface area contributed by atoms with Crippen LogP contribution < -0.4 is 14.4 Å². The van der Waals surface area contributed by atoms with Gasteiger partial charge in [-0.1, -0.05) is 85.9 Å². The first-order chi connectivity index (χ1) is 20.4. The second-order valence-electron chi connectivity index (χ2n) is 11.5. The summed E-state index contributed by atoms with van der Waals surface area (Å²) in [5.41, 5.74) is 3.82. The fraction of sp³-hybridized carbons (Fsp3) is 0.486. The summed E-state index contributed by atoms with van der Waals surface area (Å²) in [5.74, 6) is 2.45. The minimum Gasteiger partial charge on any atom is -0.616 e. The van der Waals surface area contributed by atoms with Crippen molar-refractivity contribution in [3.63, 3.8) is 0 Å². The number of anilines is 2. The first-order valence-electron chi connectivity index (χ1n) is 15.4. The smallest absolute Gasteiger partial charge is 0.231 e. The van der Waals surface area contributed by atoms with Crippen molar-refractivity contribution in [1.82, 2.24) is 4.90 Å². The zero-order chi connectivity index (χ0) is 29.9. The minimum absolute atomic E-state index is 0.191. The molecule has 3 aromatic rings. The summed E-state index contributed by atoms with van der Waals surface area (Å²) in [6.45, 7) is 7.89. The Morgan fingerprint density at radius 3 is 2.14 bits per heavy atom. The lowest BCUT2D eigenvalue weighted by molar-refractivity contribution is 0.174. The monoisotopic (exact) mass is 608 g/mol. The fourth-order valence-electron chi connectivity index (χ4n) is 5.12. The number of likely N-dealkylation sites (N-methyl/N-ethyl adjacent to an activating group) is 1. The first-order valence-corrected chi connectivity index (χ1v) is 17.6. The van der Waals surface area contributed by atoms with Gasteiger partial charge in [0.1, 0.15) is 11.0 Å². The van der Waals surface area contributed by atoms with Crippen molar-refractivity contribution in [3.8, 4) is 11.5 Å². The summed E-state index contributed by atoms with van der Waals surface area (Å²) < 4.78 is 23.0. The van der Waals surface area contributed by atoms with Gasteiger partial charge >= 0.3 is 0 Å². The van der Waals surface area contributed by atoms with E-state index in [9.17, 15) is 4.55 Å². The Labute approximate surface area is 261 Å². The lowest BCUT2D eigenvalue weighted by Gasteiger charge is -2.36. The molecule has 7 heteroatoms. The fourth-order valence-corrected chi connectivity index (χ4v) is 7.49. The minimum atomic E-state index is -0.743. The van der Waals surface area contributed by atoms with E-state index in [0.29, 0.717) is 12.8 Å². The zero-order valence-corrected chi connectivity index (χ0v) is 27.6. The van der Waals surface area contributed by atoms with Crippen LogP contribution in [0.15, 0.2) is 76.5 Å². The number of nitrogens with zero attached hydrogens (tertiary/aromatic N) is 2. The molecular formula is C35H48N2O3S2. The topological polar surface area (TPSA) is 48.0 Å². The predicted octanol–water partition coefficient (Wildman–Crippen LogP) is 8.69. The standard InChI is InChI=1S/C18H28O3S.C17H20N2S/c1-3-4-5-6-7-8-11-22(19)15(2)12-16-9-10-17-18(13-16)21-14-20-17;1-13(18(2)3)12-19-14-8-4-6-10-16(14)20-17-11-7-5-9-15(17)19/h9-10,13,15H,3-8,11-12,14H2,1-2H3;4-11,13H,12H2,1-3H3. The van der Waals surface area contributed by atoms with E-state index in [1.165, 1.54) is 58.8 Å². The molecule has 2 heterocycles. The molecule has 5 rings (SSSR count). The molecule has 0 radical (unpaired) electrons. The van der Waals surface area contributed by atoms with Gasteiger partial charge in [-0.25, -0.2) is 0 Å². The molecule has 3 atom stereocenters. The van der Waals surface area contributed by atoms with Crippen LogP contribution >= 0.6 is 11.8 Å². The van der Waals surface area contributed by atoms with E-state index in [0.717, 1.165) is 36.6 Å². The van der Waals surface area contributed by atoms with Crippen molar-refractivity contribution in [2.75, 3.05) is 38.1 Å². The molecule has 0 fully saturated rings. The Kier molecular flexibility index (Phi) is 12.8. The molecule has 5 nitrogen and oxygen atoms in total. The van der Waals surface area contributed by atoms with Crippen molar-refractivity contribution in [2.45, 2.75) is 86.8 Å². The summed E-state index contributed by atoms with van der Waals surface area (Å²) >= 11 is 1.12. The molecule has 2 aliphatic heterocycles. The van der Waals surface area contributed by atoms with Crippen molar-refractivity contribution >= 4 is 34.3 Å². The van der Waals surface area contributed by atoms with Gasteiger partial charge in [0.15, 0.2) is 11.5 Å². The zero-order valence-electron chi connectivity index (χ0n) is 26.0. The van der Waals surface area contributed by atoms with E-state index in [-0.39, 0.29) is 5.25 Å². The lowest BCUT2D eigenvalue weighted by Crippen LogP contribution is -2.37. The third kappa shape index (κ3) is 9.09. The molecule has 3 unspecified atom stereocenters. The predicted molar refractivity (Wildman–Crippen MR) is 179 cm³/mol. The molecule has 3 aromatic carbocycles. The summed E-state index contributed by atoms with van der Waals surface area (Å²) in [7, 11) is 4.28. The van der Waals surface area contributed by atoms with Gasteiger partial charge in [0, 0.05) is 28.8 Å². The van der Waals surface area contributed by atoms with Crippen LogP contribution in [-0.2, 0) is 17.6 Å². The van der Waals surface area contributed by atoms with Gasteiger partial charge in [0.2, 0.25) is 6.79 Å². The maximum atomic E-state index is 12.3.